The van der Waals surface area contributed by atoms with E-state index in [0.29, 0.717) is 5.56 Å². The highest BCUT2D eigenvalue weighted by atomic mass is 19.1. The van der Waals surface area contributed by atoms with Crippen LogP contribution in [0.2, 0.25) is 0 Å². The van der Waals surface area contributed by atoms with Gasteiger partial charge in [-0.25, -0.2) is 9.18 Å². The Morgan fingerprint density at radius 1 is 1.04 bits per heavy atom. The molecule has 0 spiro atoms. The van der Waals surface area contributed by atoms with E-state index < -0.39 is 6.09 Å². The smallest absolute Gasteiger partial charge is 0.418 e. The third-order valence-electron chi connectivity index (χ3n) is 3.78. The van der Waals surface area contributed by atoms with Crippen LogP contribution in [-0.2, 0) is 22.6 Å². The summed E-state index contributed by atoms with van der Waals surface area (Å²) in [5.41, 5.74) is 1.28. The Hall–Kier alpha value is -3.74. The highest BCUT2D eigenvalue weighted by Crippen LogP contribution is 2.26. The van der Waals surface area contributed by atoms with Crippen LogP contribution in [0.5, 0.6) is 0 Å². The minimum atomic E-state index is -0.624. The number of benzene rings is 1. The molecule has 0 bridgehead atoms. The average molecular weight is 379 g/mol. The zero-order valence-corrected chi connectivity index (χ0v) is 14.9. The molecule has 0 aliphatic carbocycles. The number of aliphatic imine (C=N–C) groups is 2. The molecule has 0 saturated heterocycles. The monoisotopic (exact) mass is 379 g/mol. The van der Waals surface area contributed by atoms with E-state index in [1.807, 2.05) is 0 Å². The van der Waals surface area contributed by atoms with Gasteiger partial charge >= 0.3 is 6.09 Å². The third kappa shape index (κ3) is 5.38. The van der Waals surface area contributed by atoms with Crippen molar-refractivity contribution in [2.45, 2.75) is 13.1 Å². The van der Waals surface area contributed by atoms with E-state index in [1.54, 1.807) is 61.1 Å². The maximum atomic E-state index is 13.9. The van der Waals surface area contributed by atoms with E-state index in [-0.39, 0.29) is 24.9 Å². The molecule has 2 heterocycles. The highest BCUT2D eigenvalue weighted by Gasteiger charge is 2.27. The Labute approximate surface area is 162 Å². The Morgan fingerprint density at radius 2 is 1.82 bits per heavy atom. The summed E-state index contributed by atoms with van der Waals surface area (Å²) in [4.78, 5) is 21.8. The minimum absolute atomic E-state index is 0.0187. The number of carbonyl (C=O) groups is 1. The van der Waals surface area contributed by atoms with E-state index in [1.165, 1.54) is 29.5 Å². The lowest BCUT2D eigenvalue weighted by molar-refractivity contribution is 0.0782. The molecular weight excluding hydrogens is 361 g/mol. The number of halogens is 1. The Balaban J connectivity index is 1.69. The third-order valence-corrected chi connectivity index (χ3v) is 3.78. The molecule has 0 atom stereocenters. The predicted octanol–water partition coefficient (Wildman–Crippen LogP) is 4.39. The second-order valence-electron chi connectivity index (χ2n) is 5.70. The summed E-state index contributed by atoms with van der Waals surface area (Å²) in [6.07, 6.45) is 16.8. The molecule has 0 radical (unpaired) electrons. The highest BCUT2D eigenvalue weighted by molar-refractivity contribution is 5.73. The molecule has 28 heavy (non-hydrogen) atoms. The topological polar surface area (TPSA) is 63.5 Å². The summed E-state index contributed by atoms with van der Waals surface area (Å²) >= 11 is 0. The summed E-state index contributed by atoms with van der Waals surface area (Å²) in [5.74, 6) is -0.346. The number of hydrogen-bond acceptors (Lipinski definition) is 5. The molecule has 7 heteroatoms. The van der Waals surface area contributed by atoms with Crippen LogP contribution in [-0.4, -0.2) is 23.4 Å². The fraction of sp³-hybridized carbons (Fsp3) is 0.0952. The first-order valence-electron chi connectivity index (χ1n) is 8.54. The van der Waals surface area contributed by atoms with Gasteiger partial charge in [0.15, 0.2) is 0 Å². The van der Waals surface area contributed by atoms with Gasteiger partial charge in [-0.1, -0.05) is 24.3 Å². The van der Waals surface area contributed by atoms with Gasteiger partial charge in [-0.05, 0) is 29.9 Å². The standard InChI is InChI=1S/C21H18FN3O3/c22-19-8-6-7-17-15-25(16-18(17)19)21(26)28-20-9-2-4-11-24-13-12-23-10-3-1-5-14-27-20/h1-14H,15-16H2. The first-order valence-corrected chi connectivity index (χ1v) is 8.54. The molecule has 2 aliphatic heterocycles. The van der Waals surface area contributed by atoms with Gasteiger partial charge in [0.1, 0.15) is 5.82 Å². The van der Waals surface area contributed by atoms with E-state index in [0.717, 1.165) is 5.56 Å². The van der Waals surface area contributed by atoms with Crippen molar-refractivity contribution in [1.82, 2.24) is 4.90 Å². The van der Waals surface area contributed by atoms with Crippen LogP contribution in [0.15, 0.2) is 89.2 Å². The summed E-state index contributed by atoms with van der Waals surface area (Å²) in [5, 5.41) is 0. The second-order valence-corrected chi connectivity index (χ2v) is 5.70. The molecule has 1 aromatic carbocycles. The summed E-state index contributed by atoms with van der Waals surface area (Å²) in [6.45, 7) is 0.437. The lowest BCUT2D eigenvalue weighted by atomic mass is 10.1. The van der Waals surface area contributed by atoms with Crippen LogP contribution in [0.4, 0.5) is 9.18 Å². The van der Waals surface area contributed by atoms with Crippen LogP contribution in [0.1, 0.15) is 11.1 Å². The molecule has 0 N–H and O–H groups in total. The van der Waals surface area contributed by atoms with E-state index in [2.05, 4.69) is 9.98 Å². The van der Waals surface area contributed by atoms with Gasteiger partial charge in [-0.3, -0.25) is 14.9 Å². The van der Waals surface area contributed by atoms with Crippen LogP contribution in [0, 0.1) is 5.82 Å². The number of fused-ring (bicyclic) bond motifs is 1. The predicted molar refractivity (Wildman–Crippen MR) is 105 cm³/mol. The number of carbonyl (C=O) groups excluding carboxylic acids is 1. The average Bonchev–Trinajstić information content (AvgIpc) is 3.12. The van der Waals surface area contributed by atoms with E-state index in [4.69, 9.17) is 9.47 Å². The van der Waals surface area contributed by atoms with Crippen molar-refractivity contribution in [3.63, 3.8) is 0 Å². The SMILES string of the molecule is O=C(OC1=CC=CC=NC=CN=CC=CC=CO1)N1Cc2cccc(F)c2C1. The Kier molecular flexibility index (Phi) is 6.67. The van der Waals surface area contributed by atoms with Crippen molar-refractivity contribution in [1.29, 1.82) is 0 Å². The molecule has 142 valence electrons. The number of amides is 1. The van der Waals surface area contributed by atoms with E-state index in [9.17, 15) is 9.18 Å². The molecule has 0 saturated carbocycles. The first-order chi connectivity index (χ1) is 13.7. The fourth-order valence-corrected chi connectivity index (χ4v) is 2.48. The van der Waals surface area contributed by atoms with Gasteiger partial charge in [0.05, 0.1) is 12.8 Å². The number of nitrogens with zero attached hydrogens (tertiary/aromatic N) is 3. The van der Waals surface area contributed by atoms with Crippen molar-refractivity contribution >= 4 is 18.5 Å². The molecule has 2 aliphatic rings. The van der Waals surface area contributed by atoms with Gasteiger partial charge < -0.3 is 9.47 Å². The molecule has 3 rings (SSSR count). The molecule has 0 aromatic heterocycles. The number of ether oxygens (including phenoxy) is 2. The van der Waals surface area contributed by atoms with Crippen molar-refractivity contribution in [2.75, 3.05) is 0 Å². The number of allylic oxidation sites excluding steroid dienone is 6. The van der Waals surface area contributed by atoms with Gasteiger partial charge in [-0.15, -0.1) is 0 Å². The Morgan fingerprint density at radius 3 is 2.61 bits per heavy atom. The molecule has 1 amide bonds. The quantitative estimate of drug-likeness (QED) is 0.727. The molecular formula is C21H18FN3O3. The van der Waals surface area contributed by atoms with Gasteiger partial charge in [0, 0.05) is 43.0 Å². The van der Waals surface area contributed by atoms with E-state index >= 15 is 0 Å². The fourth-order valence-electron chi connectivity index (χ4n) is 2.48. The van der Waals surface area contributed by atoms with Gasteiger partial charge in [0.25, 0.3) is 5.95 Å². The van der Waals surface area contributed by atoms with Crippen LogP contribution < -0.4 is 0 Å². The zero-order valence-electron chi connectivity index (χ0n) is 14.9. The van der Waals surface area contributed by atoms with Gasteiger partial charge in [0.2, 0.25) is 0 Å². The second kappa shape index (κ2) is 9.82. The normalized spacial score (nSPS) is 16.2. The van der Waals surface area contributed by atoms with Gasteiger partial charge in [-0.2, -0.15) is 0 Å². The van der Waals surface area contributed by atoms with Crippen LogP contribution >= 0.6 is 0 Å². The van der Waals surface area contributed by atoms with Crippen molar-refractivity contribution in [2.24, 2.45) is 9.98 Å². The first kappa shape index (κ1) is 19.0. The van der Waals surface area contributed by atoms with Crippen molar-refractivity contribution in [3.8, 4) is 0 Å². The summed E-state index contributed by atoms with van der Waals surface area (Å²) in [6, 6.07) is 4.79. The van der Waals surface area contributed by atoms with Crippen molar-refractivity contribution < 1.29 is 18.7 Å². The number of rotatable bonds is 1. The van der Waals surface area contributed by atoms with Crippen LogP contribution in [0.3, 0.4) is 0 Å². The zero-order chi connectivity index (χ0) is 19.6. The number of hydrogen-bond donors (Lipinski definition) is 0. The molecule has 6 nitrogen and oxygen atoms in total. The largest absolute Gasteiger partial charge is 0.434 e. The van der Waals surface area contributed by atoms with Crippen molar-refractivity contribution in [3.05, 3.63) is 96.2 Å². The molecule has 0 unspecified atom stereocenters. The maximum Gasteiger partial charge on any atom is 0.418 e. The summed E-state index contributed by atoms with van der Waals surface area (Å²) < 4.78 is 24.6. The maximum absolute atomic E-state index is 13.9. The molecule has 1 aromatic rings. The lowest BCUT2D eigenvalue weighted by Gasteiger charge is -2.15. The summed E-state index contributed by atoms with van der Waals surface area (Å²) in [7, 11) is 0. The lowest BCUT2D eigenvalue weighted by Crippen LogP contribution is -2.26. The molecule has 0 fully saturated rings. The van der Waals surface area contributed by atoms with Crippen LogP contribution in [0.25, 0.3) is 0 Å². The minimum Gasteiger partial charge on any atom is -0.434 e. The Bertz CT molecular complexity index is 927.